The molecule has 2 heterocycles. The smallest absolute Gasteiger partial charge is 0.443 e. The third kappa shape index (κ3) is 12.2. The molecule has 0 aliphatic rings. The zero-order valence-electron chi connectivity index (χ0n) is 15.0. The van der Waals surface area contributed by atoms with Crippen LogP contribution in [0.15, 0.2) is 73.1 Å². The van der Waals surface area contributed by atoms with Crippen LogP contribution >= 0.6 is 0 Å². The molecule has 145 valence electrons. The van der Waals surface area contributed by atoms with Crippen molar-refractivity contribution in [3.63, 3.8) is 0 Å². The first-order valence-electron chi connectivity index (χ1n) is 7.05. The maximum absolute atomic E-state index is 11.0. The van der Waals surface area contributed by atoms with Crippen molar-refractivity contribution < 1.29 is 37.6 Å². The van der Waals surface area contributed by atoms with E-state index in [0.717, 1.165) is 0 Å². The number of nitrogens with zero attached hydrogens (tertiary/aromatic N) is 4. The molecule has 0 aliphatic heterocycles. The fourth-order valence-electron chi connectivity index (χ4n) is 1.24. The van der Waals surface area contributed by atoms with E-state index in [1.54, 1.807) is 62.6 Å². The molecule has 8 nitrogen and oxygen atoms in total. The topological polar surface area (TPSA) is 151 Å². The molecule has 0 aliphatic carbocycles. The Morgan fingerprint density at radius 1 is 0.778 bits per heavy atom. The van der Waals surface area contributed by atoms with Gasteiger partial charge in [-0.3, -0.25) is 9.59 Å². The standard InChI is InChI=1S/2C9H10N2O.Mn.2H2O/c2*1-7(2)9(12)11-8-5-3-4-6-10-8;;;/h2*3-6H,1H2,2H3,(H,10,11,12);;2*1H2/q;;+2;;/p-2. The number of carbonyl (C=O) groups is 2. The van der Waals surface area contributed by atoms with Crippen LogP contribution in [0, 0.1) is 0 Å². The van der Waals surface area contributed by atoms with Gasteiger partial charge in [0.25, 0.3) is 0 Å². The summed E-state index contributed by atoms with van der Waals surface area (Å²) in [5, 5.41) is 7.42. The van der Waals surface area contributed by atoms with E-state index in [-0.39, 0.29) is 39.8 Å². The van der Waals surface area contributed by atoms with Crippen LogP contribution < -0.4 is 0 Å². The number of pyridine rings is 2. The summed E-state index contributed by atoms with van der Waals surface area (Å²) >= 11 is 0. The van der Waals surface area contributed by atoms with E-state index in [4.69, 9.17) is 0 Å². The van der Waals surface area contributed by atoms with Gasteiger partial charge < -0.3 is 31.6 Å². The Balaban J connectivity index is -0.000000384. The first kappa shape index (κ1) is 28.9. The van der Waals surface area contributed by atoms with Crippen molar-refractivity contribution >= 4 is 23.5 Å². The molecule has 27 heavy (non-hydrogen) atoms. The van der Waals surface area contributed by atoms with Crippen molar-refractivity contribution in [2.45, 2.75) is 13.8 Å². The fourth-order valence-corrected chi connectivity index (χ4v) is 1.24. The number of amides is 2. The molecule has 0 aromatic carbocycles. The SMILES string of the molecule is C=C(C)C(=O)[N-]c1ccccn1.C=C(C)C(=O)[N-]c1ccccn1.O.O.[Mn+2]. The van der Waals surface area contributed by atoms with Crippen LogP contribution in [-0.4, -0.2) is 32.7 Å². The molecule has 4 N–H and O–H groups in total. The van der Waals surface area contributed by atoms with Crippen LogP contribution in [0.25, 0.3) is 10.6 Å². The number of hydrogen-bond donors (Lipinski definition) is 0. The molecule has 0 saturated heterocycles. The molecular weight excluding hydrogens is 391 g/mol. The molecular formula is C18H22MnN4O4. The van der Waals surface area contributed by atoms with Gasteiger partial charge in [-0.05, 0) is 25.0 Å². The van der Waals surface area contributed by atoms with Crippen LogP contribution in [-0.2, 0) is 26.7 Å². The van der Waals surface area contributed by atoms with Crippen molar-refractivity contribution in [2.75, 3.05) is 0 Å². The molecule has 1 radical (unpaired) electrons. The molecule has 0 atom stereocenters. The minimum absolute atomic E-state index is 0. The van der Waals surface area contributed by atoms with E-state index < -0.39 is 0 Å². The van der Waals surface area contributed by atoms with Gasteiger partial charge in [0.05, 0.1) is 0 Å². The van der Waals surface area contributed by atoms with Crippen molar-refractivity contribution in [3.05, 3.63) is 83.7 Å². The monoisotopic (exact) mass is 413 g/mol. The van der Waals surface area contributed by atoms with Crippen molar-refractivity contribution in [1.29, 1.82) is 0 Å². The minimum Gasteiger partial charge on any atom is -0.443 e. The minimum atomic E-state index is -0.325. The van der Waals surface area contributed by atoms with Gasteiger partial charge in [0.2, 0.25) is 0 Å². The van der Waals surface area contributed by atoms with Crippen molar-refractivity contribution in [1.82, 2.24) is 9.97 Å². The predicted octanol–water partition coefficient (Wildman–Crippen LogP) is 2.73. The molecule has 2 amide bonds. The average molecular weight is 413 g/mol. The van der Waals surface area contributed by atoms with Crippen molar-refractivity contribution in [3.8, 4) is 0 Å². The first-order valence-corrected chi connectivity index (χ1v) is 7.05. The van der Waals surface area contributed by atoms with Gasteiger partial charge in [-0.2, -0.15) is 0 Å². The molecule has 0 saturated carbocycles. The summed E-state index contributed by atoms with van der Waals surface area (Å²) in [4.78, 5) is 29.8. The largest absolute Gasteiger partial charge is 2.00 e. The predicted molar refractivity (Wildman–Crippen MR) is 101 cm³/mol. The van der Waals surface area contributed by atoms with E-state index in [1.165, 1.54) is 0 Å². The molecule has 0 fully saturated rings. The van der Waals surface area contributed by atoms with Gasteiger partial charge in [-0.15, -0.1) is 0 Å². The third-order valence-electron chi connectivity index (χ3n) is 2.46. The van der Waals surface area contributed by atoms with E-state index in [1.807, 2.05) is 0 Å². The molecule has 0 bridgehead atoms. The number of carbonyl (C=O) groups excluding carboxylic acids is 2. The summed E-state index contributed by atoms with van der Waals surface area (Å²) in [5.41, 5.74) is 0.835. The normalized spacial score (nSPS) is 8.07. The summed E-state index contributed by atoms with van der Waals surface area (Å²) in [5.74, 6) is 0.193. The van der Waals surface area contributed by atoms with Gasteiger partial charge in [0.15, 0.2) is 11.8 Å². The Labute approximate surface area is 168 Å². The van der Waals surface area contributed by atoms with Gasteiger partial charge in [-0.1, -0.05) is 73.6 Å². The summed E-state index contributed by atoms with van der Waals surface area (Å²) in [6, 6.07) is 10.4. The second kappa shape index (κ2) is 15.4. The van der Waals surface area contributed by atoms with Gasteiger partial charge in [-0.25, -0.2) is 0 Å². The van der Waals surface area contributed by atoms with Gasteiger partial charge in [0.1, 0.15) is 0 Å². The Morgan fingerprint density at radius 2 is 1.11 bits per heavy atom. The molecule has 2 rings (SSSR count). The number of hydrogen-bond acceptors (Lipinski definition) is 4. The summed E-state index contributed by atoms with van der Waals surface area (Å²) < 4.78 is 0. The van der Waals surface area contributed by atoms with Gasteiger partial charge >= 0.3 is 17.1 Å². The first-order chi connectivity index (χ1) is 11.4. The Bertz CT molecular complexity index is 661. The van der Waals surface area contributed by atoms with E-state index >= 15 is 0 Å². The zero-order chi connectivity index (χ0) is 17.9. The second-order valence-electron chi connectivity index (χ2n) is 4.77. The van der Waals surface area contributed by atoms with E-state index in [0.29, 0.717) is 22.8 Å². The number of aromatic nitrogens is 2. The number of rotatable bonds is 4. The molecule has 0 spiro atoms. The molecule has 0 unspecified atom stereocenters. The zero-order valence-corrected chi connectivity index (χ0v) is 16.2. The van der Waals surface area contributed by atoms with Crippen LogP contribution in [0.2, 0.25) is 0 Å². The maximum Gasteiger partial charge on any atom is 2.00 e. The quantitative estimate of drug-likeness (QED) is 0.559. The van der Waals surface area contributed by atoms with E-state index in [9.17, 15) is 9.59 Å². The Morgan fingerprint density at radius 3 is 1.33 bits per heavy atom. The van der Waals surface area contributed by atoms with Crippen LogP contribution in [0.3, 0.4) is 0 Å². The Kier molecular flexibility index (Phi) is 16.5. The van der Waals surface area contributed by atoms with Gasteiger partial charge in [0, 0.05) is 0 Å². The average Bonchev–Trinajstić information content (AvgIpc) is 2.57. The third-order valence-corrected chi connectivity index (χ3v) is 2.46. The van der Waals surface area contributed by atoms with E-state index in [2.05, 4.69) is 33.8 Å². The maximum atomic E-state index is 11.0. The fraction of sp³-hybridized carbons (Fsp3) is 0.111. The summed E-state index contributed by atoms with van der Waals surface area (Å²) in [7, 11) is 0. The second-order valence-corrected chi connectivity index (χ2v) is 4.77. The Hall–Kier alpha value is -2.84. The van der Waals surface area contributed by atoms with Crippen LogP contribution in [0.1, 0.15) is 13.8 Å². The molecule has 9 heteroatoms. The summed E-state index contributed by atoms with van der Waals surface area (Å²) in [6.07, 6.45) is 3.18. The van der Waals surface area contributed by atoms with Crippen LogP contribution in [0.5, 0.6) is 0 Å². The molecule has 2 aromatic heterocycles. The summed E-state index contributed by atoms with van der Waals surface area (Å²) in [6.45, 7) is 10.2. The van der Waals surface area contributed by atoms with Crippen LogP contribution in [0.4, 0.5) is 11.6 Å². The molecule has 2 aromatic rings. The van der Waals surface area contributed by atoms with Crippen molar-refractivity contribution in [2.24, 2.45) is 0 Å².